The van der Waals surface area contributed by atoms with Gasteiger partial charge in [-0.15, -0.1) is 5.92 Å². The van der Waals surface area contributed by atoms with Gasteiger partial charge in [-0.1, -0.05) is 17.5 Å². The molecule has 15 heavy (non-hydrogen) atoms. The average molecular weight is 336 g/mol. The smallest absolute Gasteiger partial charge is 0.409 e. The third-order valence-electron chi connectivity index (χ3n) is 1.48. The van der Waals surface area contributed by atoms with E-state index in [4.69, 9.17) is 22.1 Å². The van der Waals surface area contributed by atoms with E-state index in [9.17, 15) is 4.79 Å². The van der Waals surface area contributed by atoms with Crippen molar-refractivity contribution in [1.82, 2.24) is 0 Å². The van der Waals surface area contributed by atoms with Gasteiger partial charge in [-0.05, 0) is 35.6 Å². The topological polar surface area (TPSA) is 52.3 Å². The predicted molar refractivity (Wildman–Crippen MR) is 66.9 cm³/mol. The van der Waals surface area contributed by atoms with Gasteiger partial charge in [-0.2, -0.15) is 0 Å². The summed E-state index contributed by atoms with van der Waals surface area (Å²) in [6.07, 6.45) is -0.882. The highest BCUT2D eigenvalue weighted by Crippen LogP contribution is 2.28. The van der Waals surface area contributed by atoms with E-state index in [2.05, 4.69) is 34.4 Å². The first-order chi connectivity index (χ1) is 7.04. The Morgan fingerprint density at radius 1 is 1.60 bits per heavy atom. The van der Waals surface area contributed by atoms with E-state index in [1.54, 1.807) is 13.0 Å². The number of nitrogens with two attached hydrogens (primary N) is 1. The van der Waals surface area contributed by atoms with Crippen molar-refractivity contribution in [2.75, 3.05) is 0 Å². The van der Waals surface area contributed by atoms with Crippen LogP contribution in [0.15, 0.2) is 12.1 Å². The van der Waals surface area contributed by atoms with E-state index in [1.165, 1.54) is 6.07 Å². The molecule has 5 heteroatoms. The maximum atomic E-state index is 10.7. The molecule has 0 saturated heterocycles. The molecule has 0 aliphatic rings. The number of carbonyl (C=O) groups is 1. The predicted octanol–water partition coefficient (Wildman–Crippen LogP) is 2.77. The Morgan fingerprint density at radius 2 is 2.27 bits per heavy atom. The summed E-state index contributed by atoms with van der Waals surface area (Å²) in [5, 5.41) is 0.470. The molecule has 0 atom stereocenters. The van der Waals surface area contributed by atoms with Crippen LogP contribution in [0.1, 0.15) is 12.5 Å². The quantitative estimate of drug-likeness (QED) is 0.634. The van der Waals surface area contributed by atoms with Crippen LogP contribution < -0.4 is 10.5 Å². The molecule has 0 bridgehead atoms. The van der Waals surface area contributed by atoms with Crippen molar-refractivity contribution >= 4 is 40.3 Å². The third kappa shape index (κ3) is 3.29. The molecule has 78 valence electrons. The van der Waals surface area contributed by atoms with Gasteiger partial charge in [0.15, 0.2) is 5.75 Å². The Balaban J connectivity index is 3.30. The molecule has 1 aromatic rings. The summed E-state index contributed by atoms with van der Waals surface area (Å²) in [5.41, 5.74) is 5.55. The lowest BCUT2D eigenvalue weighted by Crippen LogP contribution is -2.17. The van der Waals surface area contributed by atoms with Crippen molar-refractivity contribution < 1.29 is 9.53 Å². The summed E-state index contributed by atoms with van der Waals surface area (Å²) in [5.74, 6) is 5.84. The van der Waals surface area contributed by atoms with Gasteiger partial charge in [0.25, 0.3) is 0 Å². The van der Waals surface area contributed by atoms with Gasteiger partial charge in [0.2, 0.25) is 0 Å². The molecule has 0 aromatic heterocycles. The number of hydrogen-bond donors (Lipinski definition) is 1. The van der Waals surface area contributed by atoms with Crippen molar-refractivity contribution in [3.63, 3.8) is 0 Å². The first kappa shape index (κ1) is 12.1. The lowest BCUT2D eigenvalue weighted by molar-refractivity contribution is 0.210. The molecule has 1 amide bonds. The Morgan fingerprint density at radius 3 is 2.80 bits per heavy atom. The number of benzene rings is 1. The minimum atomic E-state index is -0.882. The van der Waals surface area contributed by atoms with Crippen molar-refractivity contribution in [3.8, 4) is 17.6 Å². The maximum Gasteiger partial charge on any atom is 0.410 e. The fourth-order valence-corrected chi connectivity index (χ4v) is 2.11. The van der Waals surface area contributed by atoms with Crippen LogP contribution in [-0.4, -0.2) is 6.09 Å². The molecule has 3 nitrogen and oxygen atoms in total. The van der Waals surface area contributed by atoms with Gasteiger partial charge < -0.3 is 10.5 Å². The fraction of sp³-hybridized carbons (Fsp3) is 0.100. The summed E-state index contributed by atoms with van der Waals surface area (Å²) in [7, 11) is 0. The lowest BCUT2D eigenvalue weighted by Gasteiger charge is -2.06. The Kier molecular flexibility index (Phi) is 4.24. The molecule has 0 saturated carbocycles. The van der Waals surface area contributed by atoms with Crippen molar-refractivity contribution in [1.29, 1.82) is 0 Å². The molecular weight excluding hydrogens is 328 g/mol. The second kappa shape index (κ2) is 5.24. The monoisotopic (exact) mass is 335 g/mol. The van der Waals surface area contributed by atoms with Crippen molar-refractivity contribution in [2.24, 2.45) is 5.73 Å². The third-order valence-corrected chi connectivity index (χ3v) is 2.55. The van der Waals surface area contributed by atoms with Crippen LogP contribution in [0.2, 0.25) is 5.02 Å². The van der Waals surface area contributed by atoms with Gasteiger partial charge in [0.1, 0.15) is 0 Å². The highest BCUT2D eigenvalue weighted by Gasteiger charge is 2.10. The van der Waals surface area contributed by atoms with E-state index in [-0.39, 0.29) is 5.75 Å². The van der Waals surface area contributed by atoms with Gasteiger partial charge in [-0.3, -0.25) is 0 Å². The highest BCUT2D eigenvalue weighted by molar-refractivity contribution is 14.1. The summed E-state index contributed by atoms with van der Waals surface area (Å²) in [6, 6.07) is 3.24. The van der Waals surface area contributed by atoms with E-state index in [0.29, 0.717) is 10.6 Å². The van der Waals surface area contributed by atoms with Crippen LogP contribution in [0.5, 0.6) is 5.75 Å². The zero-order chi connectivity index (χ0) is 11.4. The molecule has 1 aromatic carbocycles. The molecule has 1 rings (SSSR count). The molecule has 0 fully saturated rings. The van der Waals surface area contributed by atoms with E-state index in [0.717, 1.165) is 3.57 Å². The highest BCUT2D eigenvalue weighted by atomic mass is 127. The lowest BCUT2D eigenvalue weighted by atomic mass is 10.2. The van der Waals surface area contributed by atoms with E-state index in [1.807, 2.05) is 0 Å². The summed E-state index contributed by atoms with van der Waals surface area (Å²) < 4.78 is 5.62. The second-order valence-corrected chi connectivity index (χ2v) is 4.16. The first-order valence-corrected chi connectivity index (χ1v) is 5.39. The normalized spacial score (nSPS) is 9.00. The van der Waals surface area contributed by atoms with E-state index >= 15 is 0 Å². The van der Waals surface area contributed by atoms with Gasteiger partial charge in [0, 0.05) is 14.7 Å². The SMILES string of the molecule is CC#Cc1c(I)cc(Cl)cc1OC(N)=O. The number of primary amides is 1. The largest absolute Gasteiger partial charge is 0.410 e. The average Bonchev–Trinajstić information content (AvgIpc) is 2.10. The Labute approximate surface area is 106 Å². The van der Waals surface area contributed by atoms with Crippen LogP contribution in [0.4, 0.5) is 4.79 Å². The minimum Gasteiger partial charge on any atom is -0.409 e. The van der Waals surface area contributed by atoms with Crippen LogP contribution in [0, 0.1) is 15.4 Å². The molecule has 0 radical (unpaired) electrons. The van der Waals surface area contributed by atoms with Crippen molar-refractivity contribution in [3.05, 3.63) is 26.3 Å². The number of hydrogen-bond acceptors (Lipinski definition) is 2. The molecule has 0 aliphatic heterocycles. The molecule has 0 spiro atoms. The van der Waals surface area contributed by atoms with E-state index < -0.39 is 6.09 Å². The van der Waals surface area contributed by atoms with Crippen LogP contribution in [-0.2, 0) is 0 Å². The van der Waals surface area contributed by atoms with Gasteiger partial charge in [0.05, 0.1) is 5.56 Å². The second-order valence-electron chi connectivity index (χ2n) is 2.56. The number of amides is 1. The maximum absolute atomic E-state index is 10.7. The van der Waals surface area contributed by atoms with Gasteiger partial charge >= 0.3 is 6.09 Å². The van der Waals surface area contributed by atoms with Crippen LogP contribution >= 0.6 is 34.2 Å². The summed E-state index contributed by atoms with van der Waals surface area (Å²) in [4.78, 5) is 10.7. The fourth-order valence-electron chi connectivity index (χ4n) is 0.985. The number of rotatable bonds is 1. The zero-order valence-electron chi connectivity index (χ0n) is 7.80. The van der Waals surface area contributed by atoms with Gasteiger partial charge in [-0.25, -0.2) is 4.79 Å². The molecule has 0 aliphatic carbocycles. The Bertz CT molecular complexity index is 462. The Hall–Kier alpha value is -0.930. The molecule has 0 unspecified atom stereocenters. The minimum absolute atomic E-state index is 0.286. The van der Waals surface area contributed by atoms with Crippen LogP contribution in [0.25, 0.3) is 0 Å². The standard InChI is InChI=1S/C10H7ClINO2/c1-2-3-7-8(12)4-6(11)5-9(7)15-10(13)14/h4-5H,1H3,(H2,13,14). The first-order valence-electron chi connectivity index (χ1n) is 3.93. The zero-order valence-corrected chi connectivity index (χ0v) is 10.7. The number of ether oxygens (including phenoxy) is 1. The summed E-state index contributed by atoms with van der Waals surface area (Å²) >= 11 is 7.88. The van der Waals surface area contributed by atoms with Crippen molar-refractivity contribution in [2.45, 2.75) is 6.92 Å². The number of carbonyl (C=O) groups excluding carboxylic acids is 1. The molecule has 0 heterocycles. The number of halogens is 2. The molecule has 2 N–H and O–H groups in total. The molecular formula is C10H7ClINO2. The summed E-state index contributed by atoms with van der Waals surface area (Å²) in [6.45, 7) is 1.69. The van der Waals surface area contributed by atoms with Crippen LogP contribution in [0.3, 0.4) is 0 Å².